The van der Waals surface area contributed by atoms with Crippen molar-refractivity contribution >= 4 is 18.1 Å². The van der Waals surface area contributed by atoms with E-state index in [-0.39, 0.29) is 12.4 Å². The Balaban J connectivity index is 0.00000161. The first-order chi connectivity index (χ1) is 9.54. The summed E-state index contributed by atoms with van der Waals surface area (Å²) in [7, 11) is 0. The lowest BCUT2D eigenvalue weighted by atomic mass is 9.97. The molecule has 0 aliphatic carbocycles. The Morgan fingerprint density at radius 3 is 2.24 bits per heavy atom. The second-order valence-electron chi connectivity index (χ2n) is 4.98. The number of halogens is 4. The quantitative estimate of drug-likeness (QED) is 0.767. The summed E-state index contributed by atoms with van der Waals surface area (Å²) in [6.07, 6.45) is -2.18. The summed E-state index contributed by atoms with van der Waals surface area (Å²) in [4.78, 5) is 0. The van der Waals surface area contributed by atoms with Gasteiger partial charge in [-0.25, -0.2) is 0 Å². The van der Waals surface area contributed by atoms with Crippen LogP contribution in [0.25, 0.3) is 11.1 Å². The third-order valence-electron chi connectivity index (χ3n) is 3.59. The van der Waals surface area contributed by atoms with Gasteiger partial charge >= 0.3 is 6.18 Å². The first-order valence-corrected chi connectivity index (χ1v) is 6.58. The minimum atomic E-state index is -4.28. The molecule has 0 bridgehead atoms. The lowest BCUT2D eigenvalue weighted by molar-refractivity contribution is -0.137. The molecule has 1 nitrogen and oxygen atoms in total. The topological polar surface area (TPSA) is 12.0 Å². The Hall–Kier alpha value is -1.68. The van der Waals surface area contributed by atoms with Crippen LogP contribution in [0, 0.1) is 0 Å². The van der Waals surface area contributed by atoms with Crippen molar-refractivity contribution in [2.75, 3.05) is 11.9 Å². The van der Waals surface area contributed by atoms with E-state index in [2.05, 4.69) is 11.4 Å². The minimum Gasteiger partial charge on any atom is -0.385 e. The van der Waals surface area contributed by atoms with E-state index in [1.165, 1.54) is 17.7 Å². The number of alkyl halides is 3. The first kappa shape index (κ1) is 15.7. The smallest absolute Gasteiger partial charge is 0.385 e. The van der Waals surface area contributed by atoms with Crippen LogP contribution in [-0.4, -0.2) is 6.54 Å². The Labute approximate surface area is 127 Å². The van der Waals surface area contributed by atoms with Crippen molar-refractivity contribution in [3.05, 3.63) is 53.6 Å². The van der Waals surface area contributed by atoms with Gasteiger partial charge in [0.1, 0.15) is 0 Å². The molecule has 5 heteroatoms. The molecule has 1 aliphatic rings. The Morgan fingerprint density at radius 1 is 0.905 bits per heavy atom. The third-order valence-corrected chi connectivity index (χ3v) is 3.59. The van der Waals surface area contributed by atoms with Gasteiger partial charge in [-0.1, -0.05) is 18.2 Å². The highest BCUT2D eigenvalue weighted by Gasteiger charge is 2.29. The molecule has 2 aromatic carbocycles. The number of hydrogen-bond donors (Lipinski definition) is 1. The van der Waals surface area contributed by atoms with Gasteiger partial charge in [0, 0.05) is 12.2 Å². The van der Waals surface area contributed by atoms with Gasteiger partial charge in [0.25, 0.3) is 0 Å². The summed E-state index contributed by atoms with van der Waals surface area (Å²) < 4.78 is 37.6. The molecule has 0 atom stereocenters. The van der Waals surface area contributed by atoms with Gasteiger partial charge in [0.15, 0.2) is 0 Å². The van der Waals surface area contributed by atoms with E-state index in [1.54, 1.807) is 0 Å². The van der Waals surface area contributed by atoms with Gasteiger partial charge in [-0.05, 0) is 53.8 Å². The molecule has 1 N–H and O–H groups in total. The number of anilines is 1. The van der Waals surface area contributed by atoms with Crippen molar-refractivity contribution in [3.8, 4) is 11.1 Å². The summed E-state index contributed by atoms with van der Waals surface area (Å²) in [6, 6.07) is 11.3. The predicted molar refractivity (Wildman–Crippen MR) is 80.9 cm³/mol. The fourth-order valence-corrected chi connectivity index (χ4v) is 2.51. The second kappa shape index (κ2) is 5.98. The van der Waals surface area contributed by atoms with Crippen molar-refractivity contribution < 1.29 is 13.2 Å². The lowest BCUT2D eigenvalue weighted by Gasteiger charge is -2.18. The fraction of sp³-hybridized carbons (Fsp3) is 0.250. The average Bonchev–Trinajstić information content (AvgIpc) is 2.46. The van der Waals surface area contributed by atoms with Gasteiger partial charge in [0.2, 0.25) is 0 Å². The molecule has 1 heterocycles. The summed E-state index contributed by atoms with van der Waals surface area (Å²) >= 11 is 0. The Bertz CT molecular complexity index is 620. The first-order valence-electron chi connectivity index (χ1n) is 6.58. The summed E-state index contributed by atoms with van der Waals surface area (Å²) in [6.45, 7) is 0.979. The highest BCUT2D eigenvalue weighted by molar-refractivity contribution is 5.85. The van der Waals surface area contributed by atoms with Gasteiger partial charge in [-0.15, -0.1) is 12.4 Å². The van der Waals surface area contributed by atoms with Crippen molar-refractivity contribution in [1.82, 2.24) is 0 Å². The van der Waals surface area contributed by atoms with Crippen molar-refractivity contribution in [1.29, 1.82) is 0 Å². The van der Waals surface area contributed by atoms with E-state index < -0.39 is 11.7 Å². The van der Waals surface area contributed by atoms with E-state index in [4.69, 9.17) is 0 Å². The van der Waals surface area contributed by atoms with Gasteiger partial charge in [0.05, 0.1) is 5.56 Å². The molecule has 1 aliphatic heterocycles. The molecule has 3 rings (SSSR count). The van der Waals surface area contributed by atoms with Gasteiger partial charge in [-0.3, -0.25) is 0 Å². The minimum absolute atomic E-state index is 0. The van der Waals surface area contributed by atoms with E-state index in [9.17, 15) is 13.2 Å². The monoisotopic (exact) mass is 313 g/mol. The zero-order valence-electron chi connectivity index (χ0n) is 11.2. The summed E-state index contributed by atoms with van der Waals surface area (Å²) in [5.74, 6) is 0. The Kier molecular flexibility index (Phi) is 4.47. The van der Waals surface area contributed by atoms with Crippen LogP contribution in [-0.2, 0) is 12.6 Å². The van der Waals surface area contributed by atoms with Crippen LogP contribution in [0.3, 0.4) is 0 Å². The predicted octanol–water partition coefficient (Wildman–Crippen LogP) is 5.15. The SMILES string of the molecule is Cl.FC(F)(F)c1ccc(-c2ccc3c(c2)CCCN3)cc1. The molecule has 0 saturated heterocycles. The van der Waals surface area contributed by atoms with Gasteiger partial charge < -0.3 is 5.32 Å². The lowest BCUT2D eigenvalue weighted by Crippen LogP contribution is -2.11. The number of benzene rings is 2. The van der Waals surface area contributed by atoms with E-state index >= 15 is 0 Å². The largest absolute Gasteiger partial charge is 0.416 e. The maximum atomic E-state index is 12.5. The normalized spacial score (nSPS) is 13.9. The van der Waals surface area contributed by atoms with Crippen LogP contribution in [0.5, 0.6) is 0 Å². The van der Waals surface area contributed by atoms with Crippen molar-refractivity contribution in [2.24, 2.45) is 0 Å². The molecule has 0 unspecified atom stereocenters. The molecular formula is C16H15ClF3N. The molecule has 0 saturated carbocycles. The maximum absolute atomic E-state index is 12.5. The molecule has 0 radical (unpaired) electrons. The molecule has 21 heavy (non-hydrogen) atoms. The number of rotatable bonds is 1. The van der Waals surface area contributed by atoms with Crippen LogP contribution < -0.4 is 5.32 Å². The van der Waals surface area contributed by atoms with E-state index in [0.29, 0.717) is 0 Å². The number of hydrogen-bond acceptors (Lipinski definition) is 1. The molecule has 112 valence electrons. The average molecular weight is 314 g/mol. The molecule has 0 fully saturated rings. The molecule has 2 aromatic rings. The van der Waals surface area contributed by atoms with Crippen LogP contribution in [0.2, 0.25) is 0 Å². The van der Waals surface area contributed by atoms with Gasteiger partial charge in [-0.2, -0.15) is 13.2 Å². The van der Waals surface area contributed by atoms with E-state index in [1.807, 2.05) is 12.1 Å². The third kappa shape index (κ3) is 3.32. The zero-order valence-corrected chi connectivity index (χ0v) is 12.0. The number of nitrogens with one attached hydrogen (secondary N) is 1. The van der Waals surface area contributed by atoms with Crippen LogP contribution in [0.1, 0.15) is 17.5 Å². The fourth-order valence-electron chi connectivity index (χ4n) is 2.51. The highest BCUT2D eigenvalue weighted by atomic mass is 35.5. The molecule has 0 aromatic heterocycles. The zero-order chi connectivity index (χ0) is 14.2. The number of aryl methyl sites for hydroxylation is 1. The summed E-state index contributed by atoms with van der Waals surface area (Å²) in [5, 5.41) is 3.32. The Morgan fingerprint density at radius 2 is 1.57 bits per heavy atom. The molecule has 0 spiro atoms. The van der Waals surface area contributed by atoms with E-state index in [0.717, 1.165) is 48.3 Å². The standard InChI is InChI=1S/C16H14F3N.ClH/c17-16(18,19)14-6-3-11(4-7-14)12-5-8-15-13(10-12)2-1-9-20-15;/h3-8,10,20H,1-2,9H2;1H. The highest BCUT2D eigenvalue weighted by Crippen LogP contribution is 2.32. The van der Waals surface area contributed by atoms with Crippen molar-refractivity contribution in [2.45, 2.75) is 19.0 Å². The molecular weight excluding hydrogens is 299 g/mol. The molecule has 0 amide bonds. The van der Waals surface area contributed by atoms with Crippen LogP contribution >= 0.6 is 12.4 Å². The number of fused-ring (bicyclic) bond motifs is 1. The summed E-state index contributed by atoms with van der Waals surface area (Å²) in [5.41, 5.74) is 3.52. The van der Waals surface area contributed by atoms with Crippen molar-refractivity contribution in [3.63, 3.8) is 0 Å². The second-order valence-corrected chi connectivity index (χ2v) is 4.98. The van der Waals surface area contributed by atoms with Crippen LogP contribution in [0.4, 0.5) is 18.9 Å². The maximum Gasteiger partial charge on any atom is 0.416 e. The van der Waals surface area contributed by atoms with Crippen LogP contribution in [0.15, 0.2) is 42.5 Å².